The number of hydrogen-bond donors (Lipinski definition) is 2. The Labute approximate surface area is 212 Å². The van der Waals surface area contributed by atoms with Crippen LogP contribution < -0.4 is 4.90 Å². The van der Waals surface area contributed by atoms with Crippen LogP contribution in [0.15, 0.2) is 97.6 Å². The number of carboxylic acid groups (broad SMARTS) is 1. The monoisotopic (exact) mass is 502 g/mol. The lowest BCUT2D eigenvalue weighted by atomic mass is 9.76. The lowest BCUT2D eigenvalue weighted by molar-refractivity contribution is -0.0535. The molecule has 5 rings (SSSR count). The molecule has 0 radical (unpaired) electrons. The first-order chi connectivity index (χ1) is 17.9. The van der Waals surface area contributed by atoms with E-state index in [-0.39, 0.29) is 13.1 Å². The fourth-order valence-electron chi connectivity index (χ4n) is 4.96. The summed E-state index contributed by atoms with van der Waals surface area (Å²) in [7, 11) is 0. The molecule has 1 atom stereocenters. The minimum absolute atomic E-state index is 0.272. The van der Waals surface area contributed by atoms with Crippen LogP contribution >= 0.6 is 0 Å². The van der Waals surface area contributed by atoms with Gasteiger partial charge in [-0.25, -0.2) is 13.6 Å². The minimum atomic E-state index is -1.64. The van der Waals surface area contributed by atoms with Gasteiger partial charge in [-0.15, -0.1) is 0 Å². The van der Waals surface area contributed by atoms with E-state index in [0.717, 1.165) is 0 Å². The largest absolute Gasteiger partial charge is 0.465 e. The van der Waals surface area contributed by atoms with Gasteiger partial charge in [0, 0.05) is 54.7 Å². The van der Waals surface area contributed by atoms with Gasteiger partial charge in [0.2, 0.25) is 0 Å². The van der Waals surface area contributed by atoms with Crippen molar-refractivity contribution in [2.24, 2.45) is 0 Å². The van der Waals surface area contributed by atoms with Gasteiger partial charge in [0.05, 0.1) is 12.1 Å². The maximum atomic E-state index is 13.9. The van der Waals surface area contributed by atoms with Crippen molar-refractivity contribution in [2.45, 2.75) is 17.7 Å². The van der Waals surface area contributed by atoms with Crippen molar-refractivity contribution in [3.8, 4) is 0 Å². The number of aromatic nitrogens is 2. The summed E-state index contributed by atoms with van der Waals surface area (Å²) in [6, 6.07) is 16.9. The third kappa shape index (κ3) is 4.66. The Bertz CT molecular complexity index is 1310. The smallest absolute Gasteiger partial charge is 0.412 e. The van der Waals surface area contributed by atoms with Crippen LogP contribution in [-0.2, 0) is 5.60 Å². The zero-order chi connectivity index (χ0) is 26.0. The van der Waals surface area contributed by atoms with Crippen LogP contribution in [0.5, 0.6) is 0 Å². The Morgan fingerprint density at radius 3 is 1.86 bits per heavy atom. The summed E-state index contributed by atoms with van der Waals surface area (Å²) in [6.07, 6.45) is 5.19. The molecule has 1 unspecified atom stereocenters. The van der Waals surface area contributed by atoms with Gasteiger partial charge >= 0.3 is 6.09 Å². The van der Waals surface area contributed by atoms with Crippen LogP contribution in [0.4, 0.5) is 19.3 Å². The number of halogens is 2. The average Bonchev–Trinajstić information content (AvgIpc) is 2.90. The zero-order valence-electron chi connectivity index (χ0n) is 19.7. The van der Waals surface area contributed by atoms with Gasteiger partial charge in [0.1, 0.15) is 17.2 Å². The first-order valence-corrected chi connectivity index (χ1v) is 11.7. The van der Waals surface area contributed by atoms with E-state index in [1.807, 2.05) is 4.90 Å². The SMILES string of the molecule is O=C(O)N(c1ccc(F)cc1)C1CN(C(c2ccc(F)cc2)C(O)(c2cccnc2)c2cccnc2)C1. The van der Waals surface area contributed by atoms with E-state index in [1.54, 1.807) is 61.2 Å². The Morgan fingerprint density at radius 1 is 0.892 bits per heavy atom. The Hall–Kier alpha value is -4.21. The minimum Gasteiger partial charge on any atom is -0.465 e. The maximum Gasteiger partial charge on any atom is 0.412 e. The second-order valence-corrected chi connectivity index (χ2v) is 8.94. The molecule has 7 nitrogen and oxygen atoms in total. The van der Waals surface area contributed by atoms with Crippen LogP contribution in [0.3, 0.4) is 0 Å². The normalized spacial score (nSPS) is 15.1. The van der Waals surface area contributed by atoms with Gasteiger partial charge in [-0.05, 0) is 54.1 Å². The average molecular weight is 503 g/mol. The van der Waals surface area contributed by atoms with Gasteiger partial charge in [0.25, 0.3) is 0 Å². The van der Waals surface area contributed by atoms with Gasteiger partial charge in [-0.2, -0.15) is 0 Å². The van der Waals surface area contributed by atoms with E-state index in [2.05, 4.69) is 9.97 Å². The van der Waals surface area contributed by atoms with Crippen LogP contribution in [0.2, 0.25) is 0 Å². The fraction of sp³-hybridized carbons (Fsp3) is 0.179. The molecule has 37 heavy (non-hydrogen) atoms. The summed E-state index contributed by atoms with van der Waals surface area (Å²) >= 11 is 0. The highest BCUT2D eigenvalue weighted by atomic mass is 19.1. The Kier molecular flexibility index (Phi) is 6.64. The number of amides is 1. The molecule has 1 aliphatic heterocycles. The molecule has 2 aromatic heterocycles. The molecular formula is C28H24F2N4O3. The van der Waals surface area contributed by atoms with E-state index < -0.39 is 35.4 Å². The Balaban J connectivity index is 1.56. The summed E-state index contributed by atoms with van der Waals surface area (Å²) in [5.74, 6) is -0.873. The number of anilines is 1. The fourth-order valence-corrected chi connectivity index (χ4v) is 4.96. The molecule has 2 N–H and O–H groups in total. The topological polar surface area (TPSA) is 89.8 Å². The summed E-state index contributed by atoms with van der Waals surface area (Å²) < 4.78 is 27.3. The molecule has 188 valence electrons. The van der Waals surface area contributed by atoms with Crippen molar-refractivity contribution in [2.75, 3.05) is 18.0 Å². The second-order valence-electron chi connectivity index (χ2n) is 8.94. The van der Waals surface area contributed by atoms with Gasteiger partial charge in [-0.1, -0.05) is 24.3 Å². The maximum absolute atomic E-state index is 13.9. The number of hydrogen-bond acceptors (Lipinski definition) is 5. The van der Waals surface area contributed by atoms with Crippen molar-refractivity contribution >= 4 is 11.8 Å². The van der Waals surface area contributed by atoms with Crippen molar-refractivity contribution in [3.05, 3.63) is 126 Å². The number of pyridine rings is 2. The molecule has 1 fully saturated rings. The second kappa shape index (κ2) is 10.0. The zero-order valence-corrected chi connectivity index (χ0v) is 19.7. The summed E-state index contributed by atoms with van der Waals surface area (Å²) in [6.45, 7) is 0.545. The van der Waals surface area contributed by atoms with E-state index in [4.69, 9.17) is 0 Å². The molecule has 1 saturated heterocycles. The van der Waals surface area contributed by atoms with Gasteiger partial charge in [0.15, 0.2) is 0 Å². The number of carbonyl (C=O) groups is 1. The van der Waals surface area contributed by atoms with Crippen LogP contribution in [-0.4, -0.2) is 50.3 Å². The molecule has 4 aromatic rings. The molecule has 9 heteroatoms. The van der Waals surface area contributed by atoms with E-state index in [9.17, 15) is 23.8 Å². The number of rotatable bonds is 7. The van der Waals surface area contributed by atoms with Crippen molar-refractivity contribution in [1.82, 2.24) is 14.9 Å². The molecular weight excluding hydrogens is 478 g/mol. The highest BCUT2D eigenvalue weighted by Crippen LogP contribution is 2.46. The predicted molar refractivity (Wildman–Crippen MR) is 133 cm³/mol. The predicted octanol–water partition coefficient (Wildman–Crippen LogP) is 4.60. The van der Waals surface area contributed by atoms with Crippen LogP contribution in [0.1, 0.15) is 22.7 Å². The summed E-state index contributed by atoms with van der Waals surface area (Å²) in [4.78, 5) is 23.7. The standard InChI is InChI=1S/C28H24F2N4O3/c29-22-7-5-19(6-8-22)26(28(37,20-3-1-13-31-15-20)21-4-2-14-32-16-21)33-17-25(18-33)34(27(35)36)24-11-9-23(30)10-12-24/h1-16,25-26,37H,17-18H2,(H,35,36). The molecule has 0 saturated carbocycles. The lowest BCUT2D eigenvalue weighted by Crippen LogP contribution is -2.64. The van der Waals surface area contributed by atoms with Crippen LogP contribution in [0.25, 0.3) is 0 Å². The van der Waals surface area contributed by atoms with Gasteiger partial charge in [-0.3, -0.25) is 19.8 Å². The molecule has 3 heterocycles. The molecule has 1 amide bonds. The van der Waals surface area contributed by atoms with Crippen molar-refractivity contribution in [3.63, 3.8) is 0 Å². The van der Waals surface area contributed by atoms with Gasteiger partial charge < -0.3 is 10.2 Å². The summed E-state index contributed by atoms with van der Waals surface area (Å²) in [5.41, 5.74) is 0.365. The van der Waals surface area contributed by atoms with Crippen LogP contribution in [0, 0.1) is 11.6 Å². The quantitative estimate of drug-likeness (QED) is 0.384. The first-order valence-electron chi connectivity index (χ1n) is 11.7. The highest BCUT2D eigenvalue weighted by molar-refractivity contribution is 5.87. The van der Waals surface area contributed by atoms with E-state index in [0.29, 0.717) is 22.4 Å². The Morgan fingerprint density at radius 2 is 1.41 bits per heavy atom. The number of nitrogens with zero attached hydrogens (tertiary/aromatic N) is 4. The number of likely N-dealkylation sites (tertiary alicyclic amines) is 1. The highest BCUT2D eigenvalue weighted by Gasteiger charge is 2.50. The number of aliphatic hydroxyl groups is 1. The molecule has 0 aliphatic carbocycles. The first kappa shape index (κ1) is 24.5. The van der Waals surface area contributed by atoms with E-state index >= 15 is 0 Å². The lowest BCUT2D eigenvalue weighted by Gasteiger charge is -2.52. The molecule has 1 aliphatic rings. The van der Waals surface area contributed by atoms with E-state index in [1.165, 1.54) is 41.3 Å². The van der Waals surface area contributed by atoms with Crippen molar-refractivity contribution in [1.29, 1.82) is 0 Å². The molecule has 0 spiro atoms. The molecule has 0 bridgehead atoms. The summed E-state index contributed by atoms with van der Waals surface area (Å²) in [5, 5.41) is 22.4. The number of benzene rings is 2. The third-order valence-corrected chi connectivity index (χ3v) is 6.72. The third-order valence-electron chi connectivity index (χ3n) is 6.72. The van der Waals surface area contributed by atoms with Crippen molar-refractivity contribution < 1.29 is 23.8 Å². The molecule has 2 aromatic carbocycles.